The first-order valence-electron chi connectivity index (χ1n) is 20.1. The van der Waals surface area contributed by atoms with E-state index in [1.807, 2.05) is 24.3 Å². The summed E-state index contributed by atoms with van der Waals surface area (Å²) >= 11 is 0. The Balaban J connectivity index is 1.08. The van der Waals surface area contributed by atoms with E-state index in [1.54, 1.807) is 6.20 Å². The van der Waals surface area contributed by atoms with Gasteiger partial charge in [-0.2, -0.15) is 0 Å². The summed E-state index contributed by atoms with van der Waals surface area (Å²) in [7, 11) is 0. The van der Waals surface area contributed by atoms with E-state index in [0.717, 1.165) is 71.3 Å². The molecule has 0 aliphatic rings. The summed E-state index contributed by atoms with van der Waals surface area (Å²) in [6.07, 6.45) is 1.75. The van der Waals surface area contributed by atoms with Crippen molar-refractivity contribution in [3.8, 4) is 39.9 Å². The molecule has 0 unspecified atom stereocenters. The molecule has 0 aliphatic heterocycles. The van der Waals surface area contributed by atoms with Gasteiger partial charge in [0.2, 0.25) is 5.71 Å². The lowest BCUT2D eigenvalue weighted by Crippen LogP contribution is -2.02. The van der Waals surface area contributed by atoms with Crippen LogP contribution in [0.3, 0.4) is 0 Å². The van der Waals surface area contributed by atoms with Crippen molar-refractivity contribution in [2.24, 2.45) is 0 Å². The molecule has 4 heterocycles. The molecular formula is C54H31N5O. The van der Waals surface area contributed by atoms with Crippen molar-refractivity contribution < 1.29 is 4.42 Å². The Bertz CT molecular complexity index is 3920. The van der Waals surface area contributed by atoms with Gasteiger partial charge in [-0.15, -0.1) is 0 Å². The van der Waals surface area contributed by atoms with Crippen LogP contribution in [0.25, 0.3) is 127 Å². The lowest BCUT2D eigenvalue weighted by Gasteiger charge is -2.15. The van der Waals surface area contributed by atoms with Crippen LogP contribution in [0.15, 0.2) is 193 Å². The molecule has 0 bridgehead atoms. The zero-order chi connectivity index (χ0) is 39.3. The highest BCUT2D eigenvalue weighted by molar-refractivity contribution is 6.22. The minimum atomic E-state index is 0.575. The van der Waals surface area contributed by atoms with Crippen molar-refractivity contribution >= 4 is 87.0 Å². The molecule has 0 aliphatic carbocycles. The van der Waals surface area contributed by atoms with Gasteiger partial charge in [-0.3, -0.25) is 0 Å². The Kier molecular flexibility index (Phi) is 6.91. The number of fused-ring (bicyclic) bond motifs is 12. The quantitative estimate of drug-likeness (QED) is 0.167. The maximum absolute atomic E-state index is 6.11. The van der Waals surface area contributed by atoms with Crippen molar-refractivity contribution in [3.63, 3.8) is 0 Å². The average molecular weight is 766 g/mol. The first-order valence-corrected chi connectivity index (χ1v) is 20.1. The summed E-state index contributed by atoms with van der Waals surface area (Å²) in [5.74, 6) is 1.76. The van der Waals surface area contributed by atoms with Gasteiger partial charge in [-0.1, -0.05) is 121 Å². The highest BCUT2D eigenvalue weighted by Gasteiger charge is 2.20. The Morgan fingerprint density at radius 1 is 0.367 bits per heavy atom. The lowest BCUT2D eigenvalue weighted by atomic mass is 9.99. The van der Waals surface area contributed by atoms with Crippen LogP contribution in [0.2, 0.25) is 0 Å². The number of furan rings is 1. The van der Waals surface area contributed by atoms with Crippen molar-refractivity contribution in [1.82, 2.24) is 24.5 Å². The van der Waals surface area contributed by atoms with E-state index >= 15 is 0 Å². The molecule has 13 aromatic rings. The number of benzene rings is 9. The predicted molar refractivity (Wildman–Crippen MR) is 246 cm³/mol. The molecule has 0 amide bonds. The van der Waals surface area contributed by atoms with Gasteiger partial charge in [0.1, 0.15) is 5.58 Å². The van der Waals surface area contributed by atoms with Gasteiger partial charge in [0.15, 0.2) is 17.5 Å². The molecule has 0 radical (unpaired) electrons. The molecule has 0 spiro atoms. The van der Waals surface area contributed by atoms with Gasteiger partial charge in [0, 0.05) is 49.8 Å². The first-order chi connectivity index (χ1) is 29.7. The van der Waals surface area contributed by atoms with E-state index in [-0.39, 0.29) is 0 Å². The minimum Gasteiger partial charge on any atom is -0.438 e. The van der Waals surface area contributed by atoms with Crippen LogP contribution in [0.1, 0.15) is 0 Å². The molecule has 60 heavy (non-hydrogen) atoms. The van der Waals surface area contributed by atoms with Crippen LogP contribution in [0, 0.1) is 0 Å². The van der Waals surface area contributed by atoms with Crippen molar-refractivity contribution in [1.29, 1.82) is 0 Å². The number of hydrogen-bond donors (Lipinski definition) is 0. The van der Waals surface area contributed by atoms with Crippen molar-refractivity contribution in [2.75, 3.05) is 0 Å². The van der Waals surface area contributed by atoms with Crippen molar-refractivity contribution in [2.45, 2.75) is 0 Å². The molecule has 0 fully saturated rings. The standard InChI is InChI=1S/C54H31N5O/c1-4-13-39-32(10-1)19-20-34-21-22-36(29-44(34)39)51-56-52(37-24-26-49-45(30-37)42-17-9-27-55-54(42)60-49)58-53(57-51)38-28-35-12-3-5-14-40(35)48(31-38)59-46-18-8-7-16-43(46)50-41-15-6-2-11-33(41)23-25-47(50)59/h1-31H. The summed E-state index contributed by atoms with van der Waals surface area (Å²) in [4.78, 5) is 20.3. The summed E-state index contributed by atoms with van der Waals surface area (Å²) < 4.78 is 8.52. The molecule has 0 N–H and O–H groups in total. The van der Waals surface area contributed by atoms with Gasteiger partial charge >= 0.3 is 0 Å². The Hall–Kier alpha value is -8.22. The van der Waals surface area contributed by atoms with Gasteiger partial charge in [-0.05, 0) is 98.4 Å². The van der Waals surface area contributed by atoms with E-state index in [0.29, 0.717) is 23.2 Å². The molecule has 6 nitrogen and oxygen atoms in total. The second-order valence-electron chi connectivity index (χ2n) is 15.4. The fraction of sp³-hybridized carbons (Fsp3) is 0. The third-order valence-electron chi connectivity index (χ3n) is 12.0. The van der Waals surface area contributed by atoms with E-state index in [1.165, 1.54) is 32.3 Å². The molecule has 4 aromatic heterocycles. The molecule has 6 heteroatoms. The van der Waals surface area contributed by atoms with E-state index in [9.17, 15) is 0 Å². The summed E-state index contributed by atoms with van der Waals surface area (Å²) in [5, 5.41) is 13.7. The average Bonchev–Trinajstić information content (AvgIpc) is 3.86. The highest BCUT2D eigenvalue weighted by atomic mass is 16.3. The zero-order valence-corrected chi connectivity index (χ0v) is 32.0. The van der Waals surface area contributed by atoms with Gasteiger partial charge < -0.3 is 8.98 Å². The minimum absolute atomic E-state index is 0.575. The SMILES string of the molecule is c1ccc2c(-n3c4ccccc4c4c5ccccc5ccc43)cc(-c3nc(-c4ccc5ccc6ccccc6c5c4)nc(-c4ccc5oc6ncccc6c5c4)n3)cc2c1. The fourth-order valence-corrected chi connectivity index (χ4v) is 9.26. The molecule has 13 rings (SSSR count). The summed E-state index contributed by atoms with van der Waals surface area (Å²) in [6, 6.07) is 64.3. The van der Waals surface area contributed by atoms with Gasteiger partial charge in [-0.25, -0.2) is 19.9 Å². The number of rotatable bonds is 4. The third-order valence-corrected chi connectivity index (χ3v) is 12.0. The molecule has 278 valence electrons. The van der Waals surface area contributed by atoms with E-state index < -0.39 is 0 Å². The molecule has 0 saturated heterocycles. The van der Waals surface area contributed by atoms with Crippen LogP contribution in [0.4, 0.5) is 0 Å². The number of para-hydroxylation sites is 1. The maximum Gasteiger partial charge on any atom is 0.227 e. The summed E-state index contributed by atoms with van der Waals surface area (Å²) in [6.45, 7) is 0. The number of pyridine rings is 1. The summed E-state index contributed by atoms with van der Waals surface area (Å²) in [5.41, 5.74) is 7.39. The van der Waals surface area contributed by atoms with Crippen LogP contribution in [-0.4, -0.2) is 24.5 Å². The zero-order valence-electron chi connectivity index (χ0n) is 32.0. The maximum atomic E-state index is 6.11. The largest absolute Gasteiger partial charge is 0.438 e. The Morgan fingerprint density at radius 2 is 0.950 bits per heavy atom. The topological polar surface area (TPSA) is 69.6 Å². The second-order valence-corrected chi connectivity index (χ2v) is 15.4. The molecule has 9 aromatic carbocycles. The Labute approximate surface area is 342 Å². The van der Waals surface area contributed by atoms with Crippen LogP contribution < -0.4 is 0 Å². The first kappa shape index (κ1) is 32.8. The number of nitrogens with zero attached hydrogens (tertiary/aromatic N) is 5. The fourth-order valence-electron chi connectivity index (χ4n) is 9.26. The molecule has 0 saturated carbocycles. The Morgan fingerprint density at radius 3 is 1.77 bits per heavy atom. The van der Waals surface area contributed by atoms with Gasteiger partial charge in [0.05, 0.1) is 16.7 Å². The monoisotopic (exact) mass is 765 g/mol. The highest BCUT2D eigenvalue weighted by Crippen LogP contribution is 2.40. The van der Waals surface area contributed by atoms with Crippen LogP contribution >= 0.6 is 0 Å². The normalized spacial score (nSPS) is 12.0. The second kappa shape index (κ2) is 12.6. The van der Waals surface area contributed by atoms with Crippen molar-refractivity contribution in [3.05, 3.63) is 188 Å². The van der Waals surface area contributed by atoms with Crippen LogP contribution in [0.5, 0.6) is 0 Å². The number of aromatic nitrogens is 5. The number of hydrogen-bond acceptors (Lipinski definition) is 5. The van der Waals surface area contributed by atoms with Gasteiger partial charge in [0.25, 0.3) is 0 Å². The smallest absolute Gasteiger partial charge is 0.227 e. The molecule has 0 atom stereocenters. The van der Waals surface area contributed by atoms with Crippen LogP contribution in [-0.2, 0) is 0 Å². The molecular weight excluding hydrogens is 735 g/mol. The lowest BCUT2D eigenvalue weighted by molar-refractivity contribution is 0.654. The third kappa shape index (κ3) is 4.94. The predicted octanol–water partition coefficient (Wildman–Crippen LogP) is 13.9. The van der Waals surface area contributed by atoms with E-state index in [2.05, 4.69) is 167 Å². The van der Waals surface area contributed by atoms with E-state index in [4.69, 9.17) is 19.4 Å².